The first-order valence-electron chi connectivity index (χ1n) is 5.38. The average Bonchev–Trinajstić information content (AvgIpc) is 2.35. The molecule has 0 aromatic heterocycles. The van der Waals surface area contributed by atoms with Crippen molar-refractivity contribution in [3.8, 4) is 0 Å². The second-order valence-electron chi connectivity index (χ2n) is 3.74. The highest BCUT2D eigenvalue weighted by Gasteiger charge is 2.22. The van der Waals surface area contributed by atoms with Crippen LogP contribution in [-0.4, -0.2) is 35.8 Å². The Hall–Kier alpha value is -2.22. The summed E-state index contributed by atoms with van der Waals surface area (Å²) in [5, 5.41) is 22.3. The van der Waals surface area contributed by atoms with E-state index in [1.165, 1.54) is 7.11 Å². The number of nitrogens with zero attached hydrogens (tertiary/aromatic N) is 1. The zero-order chi connectivity index (χ0) is 14.4. The van der Waals surface area contributed by atoms with Crippen molar-refractivity contribution < 1.29 is 24.0 Å². The van der Waals surface area contributed by atoms with Crippen LogP contribution < -0.4 is 5.32 Å². The van der Waals surface area contributed by atoms with Crippen LogP contribution in [0, 0.1) is 15.9 Å². The maximum absolute atomic E-state index is 12.9. The summed E-state index contributed by atoms with van der Waals surface area (Å²) in [5.74, 6) is -1.93. The van der Waals surface area contributed by atoms with Crippen molar-refractivity contribution in [1.82, 2.24) is 0 Å². The van der Waals surface area contributed by atoms with Gasteiger partial charge in [0.1, 0.15) is 17.5 Å². The number of nitrogens with one attached hydrogen (secondary N) is 1. The Labute approximate surface area is 108 Å². The van der Waals surface area contributed by atoms with Crippen LogP contribution in [-0.2, 0) is 9.53 Å². The number of carboxylic acids is 1. The largest absolute Gasteiger partial charge is 0.480 e. The van der Waals surface area contributed by atoms with Crippen LogP contribution in [0.25, 0.3) is 0 Å². The Balaban J connectivity index is 2.95. The van der Waals surface area contributed by atoms with Crippen molar-refractivity contribution in [1.29, 1.82) is 0 Å². The van der Waals surface area contributed by atoms with Gasteiger partial charge in [-0.05, 0) is 12.1 Å². The highest BCUT2D eigenvalue weighted by atomic mass is 19.1. The number of ether oxygens (including phenoxy) is 1. The Morgan fingerprint density at radius 3 is 2.84 bits per heavy atom. The van der Waals surface area contributed by atoms with Crippen molar-refractivity contribution in [2.75, 3.05) is 19.0 Å². The van der Waals surface area contributed by atoms with E-state index in [1.807, 2.05) is 0 Å². The van der Waals surface area contributed by atoms with Crippen LogP contribution in [0.2, 0.25) is 0 Å². The summed E-state index contributed by atoms with van der Waals surface area (Å²) in [7, 11) is 1.42. The molecule has 104 valence electrons. The molecule has 1 rings (SSSR count). The molecule has 1 aromatic carbocycles. The molecule has 0 fully saturated rings. The number of aliphatic carboxylic acids is 1. The molecule has 0 saturated carbocycles. The van der Waals surface area contributed by atoms with Crippen LogP contribution in [0.15, 0.2) is 18.2 Å². The van der Waals surface area contributed by atoms with Crippen molar-refractivity contribution in [3.05, 3.63) is 34.1 Å². The van der Waals surface area contributed by atoms with Crippen LogP contribution in [0.5, 0.6) is 0 Å². The predicted molar refractivity (Wildman–Crippen MR) is 64.6 cm³/mol. The molecule has 0 amide bonds. The molecule has 7 nitrogen and oxygen atoms in total. The molecule has 0 saturated heterocycles. The molecule has 1 atom stereocenters. The van der Waals surface area contributed by atoms with E-state index in [2.05, 4.69) is 5.32 Å². The first-order chi connectivity index (χ1) is 8.95. The Kier molecular flexibility index (Phi) is 5.19. The summed E-state index contributed by atoms with van der Waals surface area (Å²) in [6.07, 6.45) is 0.125. The van der Waals surface area contributed by atoms with E-state index in [0.29, 0.717) is 0 Å². The predicted octanol–water partition coefficient (Wildman–Crippen LogP) is 1.64. The zero-order valence-electron chi connectivity index (χ0n) is 10.1. The summed E-state index contributed by atoms with van der Waals surface area (Å²) < 4.78 is 17.7. The molecule has 0 radical (unpaired) electrons. The van der Waals surface area contributed by atoms with E-state index < -0.39 is 28.4 Å². The highest BCUT2D eigenvalue weighted by molar-refractivity contribution is 5.78. The standard InChI is InChI=1S/C11H13FN2O5/c1-19-5-4-9(11(15)16)13-8-3-2-7(12)6-10(8)14(17)18/h2-3,6,9,13H,4-5H2,1H3,(H,15,16). The lowest BCUT2D eigenvalue weighted by atomic mass is 10.2. The Morgan fingerprint density at radius 2 is 2.32 bits per heavy atom. The number of carbonyl (C=O) groups is 1. The number of halogens is 1. The summed E-state index contributed by atoms with van der Waals surface area (Å²) in [5.41, 5.74) is -0.557. The SMILES string of the molecule is COCCC(Nc1ccc(F)cc1[N+](=O)[O-])C(=O)O. The molecule has 0 aliphatic carbocycles. The van der Waals surface area contributed by atoms with Gasteiger partial charge in [0.25, 0.3) is 5.69 Å². The van der Waals surface area contributed by atoms with Gasteiger partial charge in [0.2, 0.25) is 0 Å². The number of hydrogen-bond donors (Lipinski definition) is 2. The lowest BCUT2D eigenvalue weighted by Gasteiger charge is -2.15. The minimum absolute atomic E-state index is 0.0464. The van der Waals surface area contributed by atoms with Gasteiger partial charge in [-0.15, -0.1) is 0 Å². The molecule has 8 heteroatoms. The first-order valence-corrected chi connectivity index (χ1v) is 5.38. The zero-order valence-corrected chi connectivity index (χ0v) is 10.1. The van der Waals surface area contributed by atoms with Crippen molar-refractivity contribution in [2.24, 2.45) is 0 Å². The van der Waals surface area contributed by atoms with Gasteiger partial charge in [-0.1, -0.05) is 0 Å². The van der Waals surface area contributed by atoms with Gasteiger partial charge in [-0.25, -0.2) is 9.18 Å². The summed E-state index contributed by atoms with van der Waals surface area (Å²) >= 11 is 0. The molecule has 1 aromatic rings. The van der Waals surface area contributed by atoms with E-state index >= 15 is 0 Å². The normalized spacial score (nSPS) is 11.9. The smallest absolute Gasteiger partial charge is 0.326 e. The third-order valence-electron chi connectivity index (χ3n) is 2.39. The molecular weight excluding hydrogens is 259 g/mol. The lowest BCUT2D eigenvalue weighted by molar-refractivity contribution is -0.384. The minimum atomic E-state index is -1.17. The maximum Gasteiger partial charge on any atom is 0.326 e. The van der Waals surface area contributed by atoms with E-state index in [9.17, 15) is 19.3 Å². The van der Waals surface area contributed by atoms with Crippen LogP contribution in [0.4, 0.5) is 15.8 Å². The fourth-order valence-corrected chi connectivity index (χ4v) is 1.46. The number of anilines is 1. The number of rotatable bonds is 7. The van der Waals surface area contributed by atoms with Crippen molar-refractivity contribution >= 4 is 17.3 Å². The second kappa shape index (κ2) is 6.64. The molecule has 0 bridgehead atoms. The van der Waals surface area contributed by atoms with Crippen LogP contribution >= 0.6 is 0 Å². The van der Waals surface area contributed by atoms with Gasteiger partial charge in [0, 0.05) is 20.1 Å². The number of nitro benzene ring substituents is 1. The molecule has 19 heavy (non-hydrogen) atoms. The Bertz CT molecular complexity index is 480. The van der Waals surface area contributed by atoms with Gasteiger partial charge in [-0.2, -0.15) is 0 Å². The van der Waals surface area contributed by atoms with Crippen molar-refractivity contribution in [3.63, 3.8) is 0 Å². The molecule has 0 heterocycles. The topological polar surface area (TPSA) is 102 Å². The molecule has 0 aliphatic heterocycles. The summed E-state index contributed by atoms with van der Waals surface area (Å²) in [6, 6.07) is 1.84. The number of nitro groups is 1. The fourth-order valence-electron chi connectivity index (χ4n) is 1.46. The van der Waals surface area contributed by atoms with Gasteiger partial charge < -0.3 is 15.2 Å². The summed E-state index contributed by atoms with van der Waals surface area (Å²) in [6.45, 7) is 0.180. The van der Waals surface area contributed by atoms with Crippen LogP contribution in [0.1, 0.15) is 6.42 Å². The number of carboxylic acid groups (broad SMARTS) is 1. The van der Waals surface area contributed by atoms with Gasteiger partial charge in [-0.3, -0.25) is 10.1 Å². The molecule has 0 spiro atoms. The molecule has 0 aliphatic rings. The average molecular weight is 272 g/mol. The van der Waals surface area contributed by atoms with Gasteiger partial charge in [0.05, 0.1) is 11.0 Å². The lowest BCUT2D eigenvalue weighted by Crippen LogP contribution is -2.30. The highest BCUT2D eigenvalue weighted by Crippen LogP contribution is 2.26. The van der Waals surface area contributed by atoms with Gasteiger partial charge in [0.15, 0.2) is 0 Å². The molecule has 2 N–H and O–H groups in total. The number of benzene rings is 1. The van der Waals surface area contributed by atoms with Crippen LogP contribution in [0.3, 0.4) is 0 Å². The third-order valence-corrected chi connectivity index (χ3v) is 2.39. The van der Waals surface area contributed by atoms with Gasteiger partial charge >= 0.3 is 5.97 Å². The fraction of sp³-hybridized carbons (Fsp3) is 0.364. The maximum atomic E-state index is 12.9. The van der Waals surface area contributed by atoms with E-state index in [4.69, 9.17) is 9.84 Å². The molecular formula is C11H13FN2O5. The Morgan fingerprint density at radius 1 is 1.63 bits per heavy atom. The van der Waals surface area contributed by atoms with E-state index in [0.717, 1.165) is 18.2 Å². The second-order valence-corrected chi connectivity index (χ2v) is 3.74. The van der Waals surface area contributed by atoms with E-state index in [1.54, 1.807) is 0 Å². The summed E-state index contributed by atoms with van der Waals surface area (Å²) in [4.78, 5) is 21.0. The van der Waals surface area contributed by atoms with Crippen molar-refractivity contribution in [2.45, 2.75) is 12.5 Å². The van der Waals surface area contributed by atoms with E-state index in [-0.39, 0.29) is 18.7 Å². The monoisotopic (exact) mass is 272 g/mol. The quantitative estimate of drug-likeness (QED) is 0.578. The first kappa shape index (κ1) is 14.8. The number of methoxy groups -OCH3 is 1. The third kappa shape index (κ3) is 4.18. The minimum Gasteiger partial charge on any atom is -0.480 e. The number of hydrogen-bond acceptors (Lipinski definition) is 5. The molecule has 1 unspecified atom stereocenters.